The Labute approximate surface area is 89.4 Å². The van der Waals surface area contributed by atoms with E-state index >= 15 is 0 Å². The van der Waals surface area contributed by atoms with Gasteiger partial charge in [-0.05, 0) is 18.9 Å². The van der Waals surface area contributed by atoms with E-state index in [1.54, 1.807) is 6.20 Å². The molecular weight excluding hydrogens is 190 g/mol. The van der Waals surface area contributed by atoms with Crippen LogP contribution in [0.2, 0.25) is 0 Å². The van der Waals surface area contributed by atoms with E-state index < -0.39 is 0 Å². The van der Waals surface area contributed by atoms with Gasteiger partial charge in [-0.25, -0.2) is 0 Å². The lowest BCUT2D eigenvalue weighted by molar-refractivity contribution is 0.705. The Morgan fingerprint density at radius 1 is 1.73 bits per heavy atom. The third-order valence-corrected chi connectivity index (χ3v) is 2.50. The van der Waals surface area contributed by atoms with Crippen LogP contribution in [0.1, 0.15) is 18.5 Å². The first-order valence-corrected chi connectivity index (χ1v) is 5.29. The molecule has 3 N–H and O–H groups in total. The van der Waals surface area contributed by atoms with E-state index in [0.29, 0.717) is 18.5 Å². The van der Waals surface area contributed by atoms with E-state index in [4.69, 9.17) is 5.73 Å². The van der Waals surface area contributed by atoms with E-state index in [9.17, 15) is 0 Å². The summed E-state index contributed by atoms with van der Waals surface area (Å²) in [6.07, 6.45) is 5.12. The second kappa shape index (κ2) is 4.33. The quantitative estimate of drug-likeness (QED) is 0.540. The lowest BCUT2D eigenvalue weighted by Gasteiger charge is -2.03. The van der Waals surface area contributed by atoms with Crippen LogP contribution in [0, 0.1) is 0 Å². The van der Waals surface area contributed by atoms with Crippen LogP contribution in [0.4, 0.5) is 0 Å². The Balaban J connectivity index is 1.75. The Morgan fingerprint density at radius 3 is 3.13 bits per heavy atom. The maximum absolute atomic E-state index is 5.71. The molecule has 0 atom stereocenters. The zero-order valence-corrected chi connectivity index (χ0v) is 8.98. The van der Waals surface area contributed by atoms with Crippen LogP contribution in [0.3, 0.4) is 0 Å². The highest BCUT2D eigenvalue weighted by Crippen LogP contribution is 2.17. The summed E-state index contributed by atoms with van der Waals surface area (Å²) in [6.45, 7) is 0.713. The molecule has 5 nitrogen and oxygen atoms in total. The lowest BCUT2D eigenvalue weighted by atomic mass is 10.3. The van der Waals surface area contributed by atoms with Gasteiger partial charge in [0.2, 0.25) is 0 Å². The second-order valence-electron chi connectivity index (χ2n) is 3.88. The molecule has 1 saturated carbocycles. The molecule has 1 fully saturated rings. The van der Waals surface area contributed by atoms with Crippen LogP contribution in [0.5, 0.6) is 0 Å². The predicted molar refractivity (Wildman–Crippen MR) is 59.6 cm³/mol. The van der Waals surface area contributed by atoms with Crippen LogP contribution in [-0.2, 0) is 13.5 Å². The number of nitrogens with zero attached hydrogens (tertiary/aromatic N) is 3. The molecule has 1 heterocycles. The van der Waals surface area contributed by atoms with Gasteiger partial charge in [-0.1, -0.05) is 0 Å². The van der Waals surface area contributed by atoms with Crippen molar-refractivity contribution in [2.75, 3.05) is 6.54 Å². The molecule has 0 spiro atoms. The van der Waals surface area contributed by atoms with Crippen LogP contribution in [0.25, 0.3) is 0 Å². The van der Waals surface area contributed by atoms with Crippen molar-refractivity contribution < 1.29 is 0 Å². The average molecular weight is 207 g/mol. The molecule has 0 aliphatic heterocycles. The van der Waals surface area contributed by atoms with Gasteiger partial charge in [0.05, 0.1) is 0 Å². The van der Waals surface area contributed by atoms with Crippen molar-refractivity contribution >= 4 is 5.96 Å². The van der Waals surface area contributed by atoms with Gasteiger partial charge in [0.1, 0.15) is 0 Å². The highest BCUT2D eigenvalue weighted by Gasteiger charge is 2.21. The van der Waals surface area contributed by atoms with Gasteiger partial charge >= 0.3 is 0 Å². The molecule has 0 unspecified atom stereocenters. The highest BCUT2D eigenvalue weighted by molar-refractivity contribution is 5.78. The molecule has 0 amide bonds. The minimum Gasteiger partial charge on any atom is -0.370 e. The third-order valence-electron chi connectivity index (χ3n) is 2.50. The molecular formula is C10H17N5. The summed E-state index contributed by atoms with van der Waals surface area (Å²) in [5, 5.41) is 7.25. The first kappa shape index (κ1) is 10.0. The minimum absolute atomic E-state index is 0.569. The van der Waals surface area contributed by atoms with E-state index in [1.807, 2.05) is 17.8 Å². The number of aromatic nitrogens is 2. The summed E-state index contributed by atoms with van der Waals surface area (Å²) in [4.78, 5) is 4.26. The number of hydrogen-bond donors (Lipinski definition) is 2. The van der Waals surface area contributed by atoms with Crippen molar-refractivity contribution in [1.82, 2.24) is 15.1 Å². The van der Waals surface area contributed by atoms with Gasteiger partial charge in [-0.15, -0.1) is 0 Å². The topological polar surface area (TPSA) is 68.2 Å². The van der Waals surface area contributed by atoms with E-state index in [0.717, 1.165) is 6.42 Å². The average Bonchev–Trinajstić information content (AvgIpc) is 2.91. The fourth-order valence-corrected chi connectivity index (χ4v) is 1.42. The van der Waals surface area contributed by atoms with Gasteiger partial charge in [-0.2, -0.15) is 5.10 Å². The fourth-order valence-electron chi connectivity index (χ4n) is 1.42. The van der Waals surface area contributed by atoms with Crippen LogP contribution in [0.15, 0.2) is 17.3 Å². The molecule has 0 bridgehead atoms. The number of nitrogens with two attached hydrogens (primary N) is 1. The first-order valence-electron chi connectivity index (χ1n) is 5.29. The Kier molecular flexibility index (Phi) is 2.89. The predicted octanol–water partition coefficient (Wildman–Crippen LogP) is 0.0293. The molecule has 5 heteroatoms. The van der Waals surface area contributed by atoms with Gasteiger partial charge in [0.25, 0.3) is 0 Å². The number of aryl methyl sites for hydroxylation is 1. The summed E-state index contributed by atoms with van der Waals surface area (Å²) in [7, 11) is 1.94. The summed E-state index contributed by atoms with van der Waals surface area (Å²) < 4.78 is 1.86. The van der Waals surface area contributed by atoms with Gasteiger partial charge in [-0.3, -0.25) is 9.67 Å². The minimum atomic E-state index is 0.569. The molecule has 1 aliphatic carbocycles. The largest absolute Gasteiger partial charge is 0.370 e. The molecule has 1 aromatic heterocycles. The Bertz CT molecular complexity index is 350. The second-order valence-corrected chi connectivity index (χ2v) is 3.88. The summed E-state index contributed by atoms with van der Waals surface area (Å²) >= 11 is 0. The zero-order valence-electron chi connectivity index (χ0n) is 8.98. The highest BCUT2D eigenvalue weighted by atomic mass is 15.3. The van der Waals surface area contributed by atoms with Crippen molar-refractivity contribution in [2.45, 2.75) is 25.3 Å². The Morgan fingerprint density at radius 2 is 2.53 bits per heavy atom. The third kappa shape index (κ3) is 2.97. The standard InChI is InChI=1S/C10H17N5/c1-15-9(5-7-13-15)4-6-12-10(11)14-8-2-3-8/h5,7-8H,2-4,6H2,1H3,(H3,11,12,14). The molecule has 82 valence electrons. The number of hydrogen-bond acceptors (Lipinski definition) is 2. The summed E-state index contributed by atoms with van der Waals surface area (Å²) in [6, 6.07) is 2.57. The van der Waals surface area contributed by atoms with Crippen molar-refractivity contribution in [3.05, 3.63) is 18.0 Å². The van der Waals surface area contributed by atoms with Gasteiger partial charge < -0.3 is 11.1 Å². The number of aliphatic imine (C=N–C) groups is 1. The zero-order chi connectivity index (χ0) is 10.7. The number of nitrogens with one attached hydrogen (secondary N) is 1. The van der Waals surface area contributed by atoms with Crippen LogP contribution >= 0.6 is 0 Å². The molecule has 1 aromatic rings. The van der Waals surface area contributed by atoms with Crippen LogP contribution < -0.4 is 11.1 Å². The van der Waals surface area contributed by atoms with Crippen LogP contribution in [-0.4, -0.2) is 28.3 Å². The molecule has 2 rings (SSSR count). The van der Waals surface area contributed by atoms with E-state index in [2.05, 4.69) is 15.4 Å². The van der Waals surface area contributed by atoms with Crippen molar-refractivity contribution in [2.24, 2.45) is 17.8 Å². The van der Waals surface area contributed by atoms with Crippen molar-refractivity contribution in [3.63, 3.8) is 0 Å². The lowest BCUT2D eigenvalue weighted by Crippen LogP contribution is -2.33. The van der Waals surface area contributed by atoms with Gasteiger partial charge in [0.15, 0.2) is 5.96 Å². The molecule has 15 heavy (non-hydrogen) atoms. The Hall–Kier alpha value is -1.52. The first-order chi connectivity index (χ1) is 7.25. The van der Waals surface area contributed by atoms with Gasteiger partial charge in [0, 0.05) is 37.9 Å². The molecule has 1 aliphatic rings. The smallest absolute Gasteiger partial charge is 0.188 e. The maximum Gasteiger partial charge on any atom is 0.188 e. The molecule has 0 saturated heterocycles. The molecule has 0 aromatic carbocycles. The van der Waals surface area contributed by atoms with E-state index in [-0.39, 0.29) is 0 Å². The monoisotopic (exact) mass is 207 g/mol. The number of guanidine groups is 1. The summed E-state index contributed by atoms with van der Waals surface area (Å²) in [5.74, 6) is 0.569. The molecule has 0 radical (unpaired) electrons. The SMILES string of the molecule is Cn1nccc1CCN=C(N)NC1CC1. The fraction of sp³-hybridized carbons (Fsp3) is 0.600. The van der Waals surface area contributed by atoms with Crippen molar-refractivity contribution in [3.8, 4) is 0 Å². The number of rotatable bonds is 4. The van der Waals surface area contributed by atoms with E-state index in [1.165, 1.54) is 18.5 Å². The normalized spacial score (nSPS) is 16.7. The van der Waals surface area contributed by atoms with Crippen molar-refractivity contribution in [1.29, 1.82) is 0 Å². The maximum atomic E-state index is 5.71. The summed E-state index contributed by atoms with van der Waals surface area (Å²) in [5.41, 5.74) is 6.89.